The fourth-order valence-electron chi connectivity index (χ4n) is 2.43. The van der Waals surface area contributed by atoms with E-state index in [0.717, 1.165) is 17.0 Å². The molecule has 0 saturated carbocycles. The largest absolute Gasteiger partial charge is 0.478 e. The van der Waals surface area contributed by atoms with Gasteiger partial charge >= 0.3 is 5.97 Å². The summed E-state index contributed by atoms with van der Waals surface area (Å²) < 4.78 is 15.9. The van der Waals surface area contributed by atoms with Crippen molar-refractivity contribution >= 4 is 5.97 Å². The van der Waals surface area contributed by atoms with Crippen molar-refractivity contribution in [1.82, 2.24) is 9.78 Å². The van der Waals surface area contributed by atoms with Crippen molar-refractivity contribution in [2.45, 2.75) is 26.7 Å². The molecule has 0 unspecified atom stereocenters. The highest BCUT2D eigenvalue weighted by Gasteiger charge is 2.19. The molecule has 0 aliphatic rings. The van der Waals surface area contributed by atoms with E-state index in [1.54, 1.807) is 4.68 Å². The van der Waals surface area contributed by atoms with E-state index < -0.39 is 11.8 Å². The number of carboxylic acids is 1. The second-order valence-corrected chi connectivity index (χ2v) is 4.60. The van der Waals surface area contributed by atoms with E-state index >= 15 is 0 Å². The first-order chi connectivity index (χ1) is 9.49. The SMILES string of the molecule is CCc1nn(C)c(CC)c1-c1cc(C(=O)O)ccc1F. The van der Waals surface area contributed by atoms with Gasteiger partial charge in [0, 0.05) is 23.9 Å². The van der Waals surface area contributed by atoms with Crippen molar-refractivity contribution < 1.29 is 14.3 Å². The maximum absolute atomic E-state index is 14.1. The molecule has 4 nitrogen and oxygen atoms in total. The number of carbonyl (C=O) groups is 1. The molecule has 0 saturated heterocycles. The normalized spacial score (nSPS) is 10.8. The van der Waals surface area contributed by atoms with E-state index in [4.69, 9.17) is 5.11 Å². The van der Waals surface area contributed by atoms with Gasteiger partial charge in [0.05, 0.1) is 11.3 Å². The monoisotopic (exact) mass is 276 g/mol. The highest BCUT2D eigenvalue weighted by atomic mass is 19.1. The van der Waals surface area contributed by atoms with Crippen molar-refractivity contribution in [2.75, 3.05) is 0 Å². The topological polar surface area (TPSA) is 55.1 Å². The summed E-state index contributed by atoms with van der Waals surface area (Å²) in [5.74, 6) is -1.49. The van der Waals surface area contributed by atoms with Gasteiger partial charge in [-0.15, -0.1) is 0 Å². The fourth-order valence-corrected chi connectivity index (χ4v) is 2.43. The number of aryl methyl sites for hydroxylation is 2. The Morgan fingerprint density at radius 2 is 2.05 bits per heavy atom. The van der Waals surface area contributed by atoms with E-state index in [0.29, 0.717) is 18.4 Å². The predicted molar refractivity (Wildman–Crippen MR) is 74.3 cm³/mol. The molecule has 5 heteroatoms. The minimum absolute atomic E-state index is 0.0781. The minimum atomic E-state index is -1.06. The molecular weight excluding hydrogens is 259 g/mol. The lowest BCUT2D eigenvalue weighted by Crippen LogP contribution is -2.00. The Kier molecular flexibility index (Phi) is 3.88. The van der Waals surface area contributed by atoms with Crippen LogP contribution in [0.3, 0.4) is 0 Å². The van der Waals surface area contributed by atoms with Gasteiger partial charge in [0.2, 0.25) is 0 Å². The summed E-state index contributed by atoms with van der Waals surface area (Å²) in [5.41, 5.74) is 2.80. The van der Waals surface area contributed by atoms with Crippen molar-refractivity contribution in [3.8, 4) is 11.1 Å². The maximum Gasteiger partial charge on any atom is 0.335 e. The van der Waals surface area contributed by atoms with Crippen LogP contribution < -0.4 is 0 Å². The Balaban J connectivity index is 2.73. The third-order valence-electron chi connectivity index (χ3n) is 3.39. The molecule has 0 bridgehead atoms. The molecule has 1 N–H and O–H groups in total. The van der Waals surface area contributed by atoms with Gasteiger partial charge in [0.1, 0.15) is 5.82 Å². The molecular formula is C15H17FN2O2. The van der Waals surface area contributed by atoms with Gasteiger partial charge in [0.15, 0.2) is 0 Å². The lowest BCUT2D eigenvalue weighted by Gasteiger charge is -2.08. The molecule has 0 aliphatic heterocycles. The van der Waals surface area contributed by atoms with Crippen molar-refractivity contribution in [3.63, 3.8) is 0 Å². The van der Waals surface area contributed by atoms with Crippen molar-refractivity contribution in [3.05, 3.63) is 41.0 Å². The van der Waals surface area contributed by atoms with Crippen LogP contribution in [-0.4, -0.2) is 20.9 Å². The molecule has 106 valence electrons. The quantitative estimate of drug-likeness (QED) is 0.933. The second-order valence-electron chi connectivity index (χ2n) is 4.60. The van der Waals surface area contributed by atoms with Crippen molar-refractivity contribution in [2.24, 2.45) is 7.05 Å². The van der Waals surface area contributed by atoms with E-state index in [-0.39, 0.29) is 5.56 Å². The van der Waals surface area contributed by atoms with Gasteiger partial charge in [-0.2, -0.15) is 5.10 Å². The van der Waals surface area contributed by atoms with E-state index in [2.05, 4.69) is 5.10 Å². The van der Waals surface area contributed by atoms with Crippen LogP contribution in [-0.2, 0) is 19.9 Å². The Morgan fingerprint density at radius 1 is 1.35 bits per heavy atom. The molecule has 2 aromatic rings. The third-order valence-corrected chi connectivity index (χ3v) is 3.39. The van der Waals surface area contributed by atoms with E-state index in [1.807, 2.05) is 20.9 Å². The lowest BCUT2D eigenvalue weighted by atomic mass is 9.98. The number of hydrogen-bond donors (Lipinski definition) is 1. The van der Waals surface area contributed by atoms with E-state index in [9.17, 15) is 9.18 Å². The molecule has 0 atom stereocenters. The predicted octanol–water partition coefficient (Wildman–Crippen LogP) is 3.05. The van der Waals surface area contributed by atoms with Gasteiger partial charge in [0.25, 0.3) is 0 Å². The molecule has 2 rings (SSSR count). The molecule has 0 spiro atoms. The van der Waals surface area contributed by atoms with Crippen LogP contribution in [0.25, 0.3) is 11.1 Å². The number of hydrogen-bond acceptors (Lipinski definition) is 2. The summed E-state index contributed by atoms with van der Waals surface area (Å²) in [6.07, 6.45) is 1.37. The lowest BCUT2D eigenvalue weighted by molar-refractivity contribution is 0.0697. The first kappa shape index (κ1) is 14.2. The molecule has 20 heavy (non-hydrogen) atoms. The van der Waals surface area contributed by atoms with Crippen LogP contribution in [0.5, 0.6) is 0 Å². The Labute approximate surface area is 116 Å². The molecule has 1 aromatic heterocycles. The highest BCUT2D eigenvalue weighted by Crippen LogP contribution is 2.31. The number of halogens is 1. The number of nitrogens with zero attached hydrogens (tertiary/aromatic N) is 2. The van der Waals surface area contributed by atoms with Crippen LogP contribution in [0.4, 0.5) is 4.39 Å². The highest BCUT2D eigenvalue weighted by molar-refractivity contribution is 5.89. The van der Waals surface area contributed by atoms with Crippen LogP contribution in [0.15, 0.2) is 18.2 Å². The molecule has 0 radical (unpaired) electrons. The minimum Gasteiger partial charge on any atom is -0.478 e. The summed E-state index contributed by atoms with van der Waals surface area (Å²) in [6.45, 7) is 3.92. The summed E-state index contributed by atoms with van der Waals surface area (Å²) >= 11 is 0. The first-order valence-corrected chi connectivity index (χ1v) is 6.57. The van der Waals surface area contributed by atoms with Crippen molar-refractivity contribution in [1.29, 1.82) is 0 Å². The summed E-state index contributed by atoms with van der Waals surface area (Å²) in [4.78, 5) is 11.1. The summed E-state index contributed by atoms with van der Waals surface area (Å²) in [5, 5.41) is 13.5. The number of aromatic nitrogens is 2. The number of aromatic carboxylic acids is 1. The van der Waals surface area contributed by atoms with E-state index in [1.165, 1.54) is 18.2 Å². The van der Waals surface area contributed by atoms with Gasteiger partial charge in [-0.3, -0.25) is 4.68 Å². The fraction of sp³-hybridized carbons (Fsp3) is 0.333. The van der Waals surface area contributed by atoms with Crippen LogP contribution in [0.1, 0.15) is 35.6 Å². The summed E-state index contributed by atoms with van der Waals surface area (Å²) in [6, 6.07) is 3.85. The average molecular weight is 276 g/mol. The van der Waals surface area contributed by atoms with Gasteiger partial charge in [-0.25, -0.2) is 9.18 Å². The number of rotatable bonds is 4. The number of benzene rings is 1. The van der Waals surface area contributed by atoms with Gasteiger partial charge in [-0.1, -0.05) is 13.8 Å². The average Bonchev–Trinajstić information content (AvgIpc) is 2.74. The molecule has 1 heterocycles. The number of carboxylic acid groups (broad SMARTS) is 1. The Morgan fingerprint density at radius 3 is 2.60 bits per heavy atom. The molecule has 0 amide bonds. The zero-order valence-corrected chi connectivity index (χ0v) is 11.8. The van der Waals surface area contributed by atoms with Gasteiger partial charge in [-0.05, 0) is 31.0 Å². The molecule has 0 aliphatic carbocycles. The maximum atomic E-state index is 14.1. The van der Waals surface area contributed by atoms with Gasteiger partial charge < -0.3 is 5.11 Å². The standard InChI is InChI=1S/C15H17FN2O2/c1-4-12-14(13(5-2)18(3)17-12)10-8-9(15(19)20)6-7-11(10)16/h6-8H,4-5H2,1-3H3,(H,19,20). The Hall–Kier alpha value is -2.17. The second kappa shape index (κ2) is 5.45. The summed E-state index contributed by atoms with van der Waals surface area (Å²) in [7, 11) is 1.82. The first-order valence-electron chi connectivity index (χ1n) is 6.57. The smallest absolute Gasteiger partial charge is 0.335 e. The zero-order valence-electron chi connectivity index (χ0n) is 11.8. The molecule has 0 fully saturated rings. The van der Waals surface area contributed by atoms with Crippen LogP contribution in [0, 0.1) is 5.82 Å². The third kappa shape index (κ3) is 2.31. The van der Waals surface area contributed by atoms with Crippen LogP contribution in [0.2, 0.25) is 0 Å². The van der Waals surface area contributed by atoms with Crippen LogP contribution >= 0.6 is 0 Å². The molecule has 1 aromatic carbocycles. The zero-order chi connectivity index (χ0) is 14.9. The Bertz CT molecular complexity index is 662.